The average Bonchev–Trinajstić information content (AvgIpc) is 2.35. The summed E-state index contributed by atoms with van der Waals surface area (Å²) in [6.45, 7) is 8.36. The van der Waals surface area contributed by atoms with Gasteiger partial charge in [-0.05, 0) is 30.7 Å². The summed E-state index contributed by atoms with van der Waals surface area (Å²) in [4.78, 5) is 11.9. The zero-order valence-corrected chi connectivity index (χ0v) is 13.1. The van der Waals surface area contributed by atoms with E-state index in [4.69, 9.17) is 0 Å². The number of carbonyl (C=O) groups excluding carboxylic acids is 1. The van der Waals surface area contributed by atoms with E-state index in [1.54, 1.807) is 0 Å². The molecule has 0 heterocycles. The molecule has 1 unspecified atom stereocenters. The fourth-order valence-corrected chi connectivity index (χ4v) is 2.21. The maximum atomic E-state index is 11.9. The van der Waals surface area contributed by atoms with Gasteiger partial charge in [0.2, 0.25) is 5.91 Å². The summed E-state index contributed by atoms with van der Waals surface area (Å²) in [6.07, 6.45) is 1.98. The zero-order valence-electron chi connectivity index (χ0n) is 13.1. The van der Waals surface area contributed by atoms with Crippen molar-refractivity contribution < 1.29 is 9.90 Å². The number of hydrogen-bond donors (Lipinski definition) is 2. The van der Waals surface area contributed by atoms with Crippen LogP contribution in [-0.4, -0.2) is 23.7 Å². The number of carbonyl (C=O) groups is 1. The zero-order chi connectivity index (χ0) is 15.2. The van der Waals surface area contributed by atoms with Crippen molar-refractivity contribution >= 4 is 5.91 Å². The summed E-state index contributed by atoms with van der Waals surface area (Å²) in [5.41, 5.74) is 2.49. The van der Waals surface area contributed by atoms with Crippen LogP contribution in [0.1, 0.15) is 44.7 Å². The molecule has 1 aromatic rings. The molecule has 20 heavy (non-hydrogen) atoms. The Labute approximate surface area is 122 Å². The predicted octanol–water partition coefficient (Wildman–Crippen LogP) is 2.84. The Hall–Kier alpha value is -1.35. The molecular weight excluding hydrogens is 250 g/mol. The van der Waals surface area contributed by atoms with E-state index in [1.807, 2.05) is 0 Å². The van der Waals surface area contributed by atoms with Crippen LogP contribution < -0.4 is 5.32 Å². The fraction of sp³-hybridized carbons (Fsp3) is 0.588. The Morgan fingerprint density at radius 1 is 1.25 bits per heavy atom. The first-order chi connectivity index (χ1) is 9.30. The summed E-state index contributed by atoms with van der Waals surface area (Å²) >= 11 is 0. The molecule has 1 amide bonds. The van der Waals surface area contributed by atoms with Gasteiger partial charge in [-0.15, -0.1) is 0 Å². The molecule has 0 spiro atoms. The molecule has 0 saturated carbocycles. The number of aryl methyl sites for hydroxylation is 2. The van der Waals surface area contributed by atoms with Crippen molar-refractivity contribution in [2.45, 2.75) is 53.0 Å². The van der Waals surface area contributed by atoms with Crippen LogP contribution in [0.15, 0.2) is 24.3 Å². The summed E-state index contributed by atoms with van der Waals surface area (Å²) < 4.78 is 0. The maximum absolute atomic E-state index is 11.9. The summed E-state index contributed by atoms with van der Waals surface area (Å²) in [7, 11) is 0. The average molecular weight is 277 g/mol. The highest BCUT2D eigenvalue weighted by atomic mass is 16.3. The molecule has 0 saturated heterocycles. The van der Waals surface area contributed by atoms with Gasteiger partial charge in [0, 0.05) is 6.42 Å². The van der Waals surface area contributed by atoms with E-state index in [0.29, 0.717) is 6.42 Å². The molecule has 1 atom stereocenters. The summed E-state index contributed by atoms with van der Waals surface area (Å²) in [6, 6.07) is 8.08. The van der Waals surface area contributed by atoms with Crippen molar-refractivity contribution in [3.63, 3.8) is 0 Å². The Morgan fingerprint density at radius 2 is 1.85 bits per heavy atom. The largest absolute Gasteiger partial charge is 0.394 e. The smallest absolute Gasteiger partial charge is 0.220 e. The Morgan fingerprint density at radius 3 is 2.35 bits per heavy atom. The first kappa shape index (κ1) is 16.7. The molecule has 112 valence electrons. The van der Waals surface area contributed by atoms with Crippen LogP contribution in [0, 0.1) is 12.3 Å². The van der Waals surface area contributed by atoms with Gasteiger partial charge in [0.15, 0.2) is 0 Å². The molecule has 0 aliphatic heterocycles. The normalized spacial score (nSPS) is 13.1. The Balaban J connectivity index is 2.40. The number of rotatable bonds is 6. The standard InChI is InChI=1S/C17H27NO2/c1-13-5-7-14(8-6-13)9-10-16(20)18-15(12-19)11-17(2,3)4/h5-8,15,19H,9-12H2,1-4H3,(H,18,20). The van der Waals surface area contributed by atoms with Crippen LogP contribution >= 0.6 is 0 Å². The van der Waals surface area contributed by atoms with Gasteiger partial charge >= 0.3 is 0 Å². The third-order valence-corrected chi connectivity index (χ3v) is 3.21. The van der Waals surface area contributed by atoms with Crippen LogP contribution in [0.2, 0.25) is 0 Å². The van der Waals surface area contributed by atoms with Gasteiger partial charge in [-0.1, -0.05) is 50.6 Å². The van der Waals surface area contributed by atoms with E-state index < -0.39 is 0 Å². The Kier molecular flexibility index (Phi) is 6.21. The van der Waals surface area contributed by atoms with Crippen LogP contribution in [0.25, 0.3) is 0 Å². The van der Waals surface area contributed by atoms with Gasteiger partial charge in [0.05, 0.1) is 12.6 Å². The Bertz CT molecular complexity index is 418. The van der Waals surface area contributed by atoms with Crippen LogP contribution in [0.3, 0.4) is 0 Å². The predicted molar refractivity (Wildman–Crippen MR) is 82.6 cm³/mol. The number of benzene rings is 1. The van der Waals surface area contributed by atoms with Gasteiger partial charge < -0.3 is 10.4 Å². The van der Waals surface area contributed by atoms with E-state index in [1.165, 1.54) is 11.1 Å². The quantitative estimate of drug-likeness (QED) is 0.840. The number of hydrogen-bond acceptors (Lipinski definition) is 2. The summed E-state index contributed by atoms with van der Waals surface area (Å²) in [5, 5.41) is 12.3. The minimum absolute atomic E-state index is 0.00641. The van der Waals surface area contributed by atoms with Crippen LogP contribution in [0.5, 0.6) is 0 Å². The minimum atomic E-state index is -0.152. The SMILES string of the molecule is Cc1ccc(CCC(=O)NC(CO)CC(C)(C)C)cc1. The van der Waals surface area contributed by atoms with Gasteiger partial charge in [-0.3, -0.25) is 4.79 Å². The lowest BCUT2D eigenvalue weighted by atomic mass is 9.88. The second kappa shape index (κ2) is 7.44. The minimum Gasteiger partial charge on any atom is -0.394 e. The molecule has 0 bridgehead atoms. The maximum Gasteiger partial charge on any atom is 0.220 e. The van der Waals surface area contributed by atoms with Gasteiger partial charge in [-0.25, -0.2) is 0 Å². The van der Waals surface area contributed by atoms with E-state index >= 15 is 0 Å². The first-order valence-electron chi connectivity index (χ1n) is 7.26. The van der Waals surface area contributed by atoms with E-state index in [9.17, 15) is 9.90 Å². The van der Waals surface area contributed by atoms with E-state index in [2.05, 4.69) is 57.3 Å². The number of aliphatic hydroxyl groups is 1. The molecule has 3 heteroatoms. The number of amides is 1. The third-order valence-electron chi connectivity index (χ3n) is 3.21. The third kappa shape index (κ3) is 6.71. The molecule has 0 aliphatic carbocycles. The molecule has 2 N–H and O–H groups in total. The highest BCUT2D eigenvalue weighted by molar-refractivity contribution is 5.76. The van der Waals surface area contributed by atoms with Gasteiger partial charge in [0.1, 0.15) is 0 Å². The molecule has 0 radical (unpaired) electrons. The van der Waals surface area contributed by atoms with Crippen molar-refractivity contribution in [2.75, 3.05) is 6.61 Å². The topological polar surface area (TPSA) is 49.3 Å². The molecule has 1 aromatic carbocycles. The molecule has 0 aliphatic rings. The fourth-order valence-electron chi connectivity index (χ4n) is 2.21. The van der Waals surface area contributed by atoms with Gasteiger partial charge in [-0.2, -0.15) is 0 Å². The lowest BCUT2D eigenvalue weighted by Crippen LogP contribution is -2.40. The molecule has 1 rings (SSSR count). The van der Waals surface area contributed by atoms with Crippen molar-refractivity contribution in [3.05, 3.63) is 35.4 Å². The summed E-state index contributed by atoms with van der Waals surface area (Å²) in [5.74, 6) is 0.00822. The number of nitrogens with one attached hydrogen (secondary N) is 1. The van der Waals surface area contributed by atoms with E-state index in [-0.39, 0.29) is 24.0 Å². The van der Waals surface area contributed by atoms with Gasteiger partial charge in [0.25, 0.3) is 0 Å². The molecule has 3 nitrogen and oxygen atoms in total. The second-order valence-corrected chi connectivity index (χ2v) is 6.70. The number of aliphatic hydroxyl groups excluding tert-OH is 1. The van der Waals surface area contributed by atoms with E-state index in [0.717, 1.165) is 12.8 Å². The second-order valence-electron chi connectivity index (χ2n) is 6.70. The lowest BCUT2D eigenvalue weighted by Gasteiger charge is -2.25. The van der Waals surface area contributed by atoms with Crippen molar-refractivity contribution in [1.82, 2.24) is 5.32 Å². The highest BCUT2D eigenvalue weighted by Gasteiger charge is 2.19. The van der Waals surface area contributed by atoms with Crippen LogP contribution in [0.4, 0.5) is 0 Å². The van der Waals surface area contributed by atoms with Crippen molar-refractivity contribution in [3.8, 4) is 0 Å². The molecular formula is C17H27NO2. The van der Waals surface area contributed by atoms with Crippen LogP contribution in [-0.2, 0) is 11.2 Å². The molecule has 0 aromatic heterocycles. The van der Waals surface area contributed by atoms with Crippen molar-refractivity contribution in [2.24, 2.45) is 5.41 Å². The lowest BCUT2D eigenvalue weighted by molar-refractivity contribution is -0.122. The molecule has 0 fully saturated rings. The van der Waals surface area contributed by atoms with Crippen molar-refractivity contribution in [1.29, 1.82) is 0 Å². The monoisotopic (exact) mass is 277 g/mol. The highest BCUT2D eigenvalue weighted by Crippen LogP contribution is 2.20. The first-order valence-corrected chi connectivity index (χ1v) is 7.26.